The zero-order chi connectivity index (χ0) is 21.4. The van der Waals surface area contributed by atoms with Crippen LogP contribution in [0.1, 0.15) is 37.3 Å². The second-order valence-electron chi connectivity index (χ2n) is 6.70. The SMILES string of the molecule is CCNC(=NCCC(C)c1cccc(C(F)(F)F)c1)NCCN1C(=O)CNC1=O. The molecule has 0 bridgehead atoms. The number of halogens is 3. The Hall–Kier alpha value is -2.78. The Balaban J connectivity index is 1.86. The smallest absolute Gasteiger partial charge is 0.357 e. The normalized spacial score (nSPS) is 16.0. The van der Waals surface area contributed by atoms with E-state index in [4.69, 9.17) is 0 Å². The Morgan fingerprint density at radius 2 is 2.07 bits per heavy atom. The van der Waals surface area contributed by atoms with Gasteiger partial charge in [-0.1, -0.05) is 25.1 Å². The van der Waals surface area contributed by atoms with Gasteiger partial charge in [0.1, 0.15) is 0 Å². The van der Waals surface area contributed by atoms with Crippen molar-refractivity contribution in [2.45, 2.75) is 32.4 Å². The molecule has 1 aromatic rings. The Kier molecular flexibility index (Phi) is 7.86. The Morgan fingerprint density at radius 1 is 1.31 bits per heavy atom. The molecule has 2 rings (SSSR count). The predicted molar refractivity (Wildman–Crippen MR) is 104 cm³/mol. The van der Waals surface area contributed by atoms with Crippen LogP contribution in [0.3, 0.4) is 0 Å². The molecule has 1 aliphatic heterocycles. The van der Waals surface area contributed by atoms with E-state index in [1.165, 1.54) is 12.1 Å². The molecule has 1 saturated heterocycles. The van der Waals surface area contributed by atoms with E-state index in [9.17, 15) is 22.8 Å². The van der Waals surface area contributed by atoms with Crippen molar-refractivity contribution < 1.29 is 22.8 Å². The lowest BCUT2D eigenvalue weighted by molar-refractivity contribution is -0.137. The van der Waals surface area contributed by atoms with Crippen molar-refractivity contribution in [1.82, 2.24) is 20.9 Å². The van der Waals surface area contributed by atoms with E-state index >= 15 is 0 Å². The minimum absolute atomic E-state index is 0.0143. The number of urea groups is 1. The highest BCUT2D eigenvalue weighted by atomic mass is 19.4. The third-order valence-electron chi connectivity index (χ3n) is 4.52. The van der Waals surface area contributed by atoms with Crippen LogP contribution >= 0.6 is 0 Å². The number of nitrogens with zero attached hydrogens (tertiary/aromatic N) is 2. The Bertz CT molecular complexity index is 736. The first-order valence-corrected chi connectivity index (χ1v) is 9.50. The summed E-state index contributed by atoms with van der Waals surface area (Å²) < 4.78 is 38.6. The third kappa shape index (κ3) is 6.65. The van der Waals surface area contributed by atoms with Gasteiger partial charge in [0, 0.05) is 26.2 Å². The average molecular weight is 413 g/mol. The Morgan fingerprint density at radius 3 is 2.69 bits per heavy atom. The maximum absolute atomic E-state index is 12.9. The third-order valence-corrected chi connectivity index (χ3v) is 4.52. The summed E-state index contributed by atoms with van der Waals surface area (Å²) in [4.78, 5) is 28.6. The molecular formula is C19H26F3N5O2. The van der Waals surface area contributed by atoms with Crippen molar-refractivity contribution in [3.63, 3.8) is 0 Å². The zero-order valence-electron chi connectivity index (χ0n) is 16.5. The van der Waals surface area contributed by atoms with Gasteiger partial charge in [-0.15, -0.1) is 0 Å². The van der Waals surface area contributed by atoms with Crippen LogP contribution in [0.2, 0.25) is 0 Å². The molecule has 0 aromatic heterocycles. The summed E-state index contributed by atoms with van der Waals surface area (Å²) in [7, 11) is 0. The minimum atomic E-state index is -4.36. The van der Waals surface area contributed by atoms with E-state index in [0.29, 0.717) is 37.6 Å². The quantitative estimate of drug-likeness (QED) is 0.347. The van der Waals surface area contributed by atoms with Gasteiger partial charge in [-0.25, -0.2) is 4.79 Å². The van der Waals surface area contributed by atoms with E-state index in [2.05, 4.69) is 20.9 Å². The number of guanidine groups is 1. The highest BCUT2D eigenvalue weighted by Gasteiger charge is 2.30. The molecule has 160 valence electrons. The minimum Gasteiger partial charge on any atom is -0.357 e. The molecular weight excluding hydrogens is 387 g/mol. The zero-order valence-corrected chi connectivity index (χ0v) is 16.5. The molecule has 0 saturated carbocycles. The number of aliphatic imine (C=N–C) groups is 1. The van der Waals surface area contributed by atoms with Crippen molar-refractivity contribution in [2.75, 3.05) is 32.7 Å². The van der Waals surface area contributed by atoms with Crippen molar-refractivity contribution in [3.8, 4) is 0 Å². The summed E-state index contributed by atoms with van der Waals surface area (Å²) in [6.07, 6.45) is -3.78. The highest BCUT2D eigenvalue weighted by molar-refractivity contribution is 6.01. The van der Waals surface area contributed by atoms with Gasteiger partial charge in [0.25, 0.3) is 0 Å². The van der Waals surface area contributed by atoms with Gasteiger partial charge >= 0.3 is 12.2 Å². The second kappa shape index (κ2) is 10.1. The maximum Gasteiger partial charge on any atom is 0.416 e. The van der Waals surface area contributed by atoms with Gasteiger partial charge in [-0.3, -0.25) is 14.7 Å². The molecule has 3 N–H and O–H groups in total. The summed E-state index contributed by atoms with van der Waals surface area (Å²) >= 11 is 0. The first kappa shape index (κ1) is 22.5. The lowest BCUT2D eigenvalue weighted by Crippen LogP contribution is -2.43. The summed E-state index contributed by atoms with van der Waals surface area (Å²) in [5.74, 6) is 0.166. The van der Waals surface area contributed by atoms with Crippen LogP contribution in [0.5, 0.6) is 0 Å². The topological polar surface area (TPSA) is 85.8 Å². The summed E-state index contributed by atoms with van der Waals surface area (Å²) in [6, 6.07) is 4.93. The molecule has 10 heteroatoms. The van der Waals surface area contributed by atoms with Gasteiger partial charge in [0.15, 0.2) is 5.96 Å². The van der Waals surface area contributed by atoms with E-state index in [1.807, 2.05) is 13.8 Å². The van der Waals surface area contributed by atoms with Crippen LogP contribution in [0, 0.1) is 0 Å². The largest absolute Gasteiger partial charge is 0.416 e. The van der Waals surface area contributed by atoms with Crippen LogP contribution in [-0.2, 0) is 11.0 Å². The molecule has 1 heterocycles. The molecule has 1 fully saturated rings. The number of imide groups is 1. The van der Waals surface area contributed by atoms with E-state index < -0.39 is 17.8 Å². The Labute approximate surface area is 167 Å². The molecule has 29 heavy (non-hydrogen) atoms. The number of carbonyl (C=O) groups is 2. The number of benzene rings is 1. The van der Waals surface area contributed by atoms with Gasteiger partial charge in [-0.2, -0.15) is 13.2 Å². The summed E-state index contributed by atoms with van der Waals surface area (Å²) in [6.45, 7) is 5.38. The number of nitrogens with one attached hydrogen (secondary N) is 3. The molecule has 0 aliphatic carbocycles. The molecule has 1 aliphatic rings. The number of carbonyl (C=O) groups excluding carboxylic acids is 2. The molecule has 1 unspecified atom stereocenters. The van der Waals surface area contributed by atoms with E-state index in [-0.39, 0.29) is 24.9 Å². The monoisotopic (exact) mass is 413 g/mol. The first-order valence-electron chi connectivity index (χ1n) is 9.50. The number of alkyl halides is 3. The lowest BCUT2D eigenvalue weighted by atomic mass is 9.96. The fourth-order valence-corrected chi connectivity index (χ4v) is 2.87. The number of hydrogen-bond donors (Lipinski definition) is 3. The van der Waals surface area contributed by atoms with Gasteiger partial charge < -0.3 is 16.0 Å². The summed E-state index contributed by atoms with van der Waals surface area (Å²) in [5.41, 5.74) is -0.0348. The van der Waals surface area contributed by atoms with Crippen LogP contribution in [0.25, 0.3) is 0 Å². The lowest BCUT2D eigenvalue weighted by Gasteiger charge is -2.16. The predicted octanol–water partition coefficient (Wildman–Crippen LogP) is 2.31. The number of hydrogen-bond acceptors (Lipinski definition) is 3. The van der Waals surface area contributed by atoms with Crippen molar-refractivity contribution in [3.05, 3.63) is 35.4 Å². The standard InChI is InChI=1S/C19H26F3N5O2/c1-3-23-17(25-9-10-27-16(28)12-26-18(27)29)24-8-7-13(2)14-5-4-6-15(11-14)19(20,21)22/h4-6,11,13H,3,7-10,12H2,1-2H3,(H,26,29)(H2,23,24,25). The molecule has 3 amide bonds. The van der Waals surface area contributed by atoms with Crippen LogP contribution < -0.4 is 16.0 Å². The van der Waals surface area contributed by atoms with Crippen LogP contribution in [-0.4, -0.2) is 55.5 Å². The van der Waals surface area contributed by atoms with E-state index in [0.717, 1.165) is 11.0 Å². The molecule has 0 radical (unpaired) electrons. The average Bonchev–Trinajstić information content (AvgIpc) is 2.99. The van der Waals surface area contributed by atoms with Crippen molar-refractivity contribution in [2.24, 2.45) is 4.99 Å². The van der Waals surface area contributed by atoms with Gasteiger partial charge in [0.2, 0.25) is 5.91 Å². The van der Waals surface area contributed by atoms with Crippen LogP contribution in [0.15, 0.2) is 29.3 Å². The molecule has 1 aromatic carbocycles. The van der Waals surface area contributed by atoms with Gasteiger partial charge in [-0.05, 0) is 30.9 Å². The molecule has 0 spiro atoms. The molecule has 7 nitrogen and oxygen atoms in total. The van der Waals surface area contributed by atoms with E-state index in [1.54, 1.807) is 6.07 Å². The fourth-order valence-electron chi connectivity index (χ4n) is 2.87. The van der Waals surface area contributed by atoms with Crippen molar-refractivity contribution in [1.29, 1.82) is 0 Å². The van der Waals surface area contributed by atoms with Crippen LogP contribution in [0.4, 0.5) is 18.0 Å². The fraction of sp³-hybridized carbons (Fsp3) is 0.526. The summed E-state index contributed by atoms with van der Waals surface area (Å²) in [5, 5.41) is 8.56. The highest BCUT2D eigenvalue weighted by Crippen LogP contribution is 2.31. The number of amides is 3. The second-order valence-corrected chi connectivity index (χ2v) is 6.70. The maximum atomic E-state index is 12.9. The van der Waals surface area contributed by atoms with Gasteiger partial charge in [0.05, 0.1) is 12.1 Å². The van der Waals surface area contributed by atoms with Crippen molar-refractivity contribution >= 4 is 17.9 Å². The first-order chi connectivity index (χ1) is 13.7. The number of rotatable bonds is 8. The molecule has 1 atom stereocenters.